The van der Waals surface area contributed by atoms with Crippen molar-refractivity contribution in [1.82, 2.24) is 9.73 Å². The van der Waals surface area contributed by atoms with Gasteiger partial charge in [0.05, 0.1) is 31.9 Å². The van der Waals surface area contributed by atoms with E-state index in [0.717, 1.165) is 15.4 Å². The lowest BCUT2D eigenvalue weighted by molar-refractivity contribution is -0.121. The molecule has 3 aromatic rings. The van der Waals surface area contributed by atoms with Crippen molar-refractivity contribution in [2.24, 2.45) is 5.10 Å². The maximum absolute atomic E-state index is 13.2. The monoisotopic (exact) mass is 481 g/mol. The zero-order valence-corrected chi connectivity index (χ0v) is 20.1. The van der Waals surface area contributed by atoms with Crippen LogP contribution >= 0.6 is 0 Å². The first-order valence-electron chi connectivity index (χ1n) is 10.5. The lowest BCUT2D eigenvalue weighted by atomic mass is 10.1. The summed E-state index contributed by atoms with van der Waals surface area (Å²) in [4.78, 5) is 12.7. The lowest BCUT2D eigenvalue weighted by Crippen LogP contribution is -2.39. The molecule has 0 spiro atoms. The Morgan fingerprint density at radius 1 is 0.971 bits per heavy atom. The zero-order valence-electron chi connectivity index (χ0n) is 19.3. The highest BCUT2D eigenvalue weighted by molar-refractivity contribution is 7.89. The molecule has 0 aliphatic heterocycles. The van der Waals surface area contributed by atoms with Crippen molar-refractivity contribution in [2.75, 3.05) is 20.8 Å². The number of hydrogen-bond acceptors (Lipinski definition) is 6. The summed E-state index contributed by atoms with van der Waals surface area (Å²) in [6.45, 7) is 1.60. The topological polar surface area (TPSA) is 97.3 Å². The van der Waals surface area contributed by atoms with Crippen LogP contribution in [0.5, 0.6) is 11.5 Å². The number of hydrogen-bond donors (Lipinski definition) is 1. The van der Waals surface area contributed by atoms with E-state index in [2.05, 4.69) is 10.5 Å². The summed E-state index contributed by atoms with van der Waals surface area (Å²) in [5.74, 6) is 0.529. The second-order valence-corrected chi connectivity index (χ2v) is 9.42. The molecule has 0 saturated heterocycles. The van der Waals surface area contributed by atoms with Gasteiger partial charge in [-0.2, -0.15) is 9.41 Å². The van der Waals surface area contributed by atoms with Crippen LogP contribution in [0.15, 0.2) is 82.8 Å². The van der Waals surface area contributed by atoms with Crippen LogP contribution in [-0.4, -0.2) is 45.6 Å². The molecule has 0 unspecified atom stereocenters. The summed E-state index contributed by atoms with van der Waals surface area (Å²) in [5, 5.41) is 3.96. The number of ether oxygens (including phenoxy) is 2. The second kappa shape index (κ2) is 11.4. The molecule has 8 nitrogen and oxygen atoms in total. The highest BCUT2D eigenvalue weighted by Gasteiger charge is 2.26. The van der Waals surface area contributed by atoms with E-state index >= 15 is 0 Å². The summed E-state index contributed by atoms with van der Waals surface area (Å²) in [7, 11) is -0.845. The van der Waals surface area contributed by atoms with Crippen LogP contribution < -0.4 is 14.9 Å². The molecule has 1 N–H and O–H groups in total. The van der Waals surface area contributed by atoms with Gasteiger partial charge in [-0.25, -0.2) is 13.8 Å². The fourth-order valence-electron chi connectivity index (χ4n) is 3.17. The van der Waals surface area contributed by atoms with E-state index < -0.39 is 22.5 Å². The molecule has 34 heavy (non-hydrogen) atoms. The minimum atomic E-state index is -3.91. The van der Waals surface area contributed by atoms with Crippen molar-refractivity contribution in [2.45, 2.75) is 18.4 Å². The fourth-order valence-corrected chi connectivity index (χ4v) is 4.58. The summed E-state index contributed by atoms with van der Waals surface area (Å²) < 4.78 is 38.1. The molecule has 1 amide bonds. The molecule has 178 valence electrons. The normalized spacial score (nSPS) is 11.5. The molecule has 0 bridgehead atoms. The minimum Gasteiger partial charge on any atom is -0.493 e. The van der Waals surface area contributed by atoms with Gasteiger partial charge in [-0.05, 0) is 48.4 Å². The van der Waals surface area contributed by atoms with E-state index in [1.807, 2.05) is 31.2 Å². The predicted molar refractivity (Wildman–Crippen MR) is 130 cm³/mol. The van der Waals surface area contributed by atoms with Crippen molar-refractivity contribution >= 4 is 22.1 Å². The Balaban J connectivity index is 1.75. The number of rotatable bonds is 10. The van der Waals surface area contributed by atoms with Gasteiger partial charge in [-0.1, -0.05) is 48.0 Å². The molecule has 0 heterocycles. The van der Waals surface area contributed by atoms with Crippen LogP contribution in [0.25, 0.3) is 0 Å². The van der Waals surface area contributed by atoms with Gasteiger partial charge in [0, 0.05) is 6.54 Å². The van der Waals surface area contributed by atoms with E-state index in [-0.39, 0.29) is 11.4 Å². The van der Waals surface area contributed by atoms with E-state index in [4.69, 9.17) is 9.47 Å². The van der Waals surface area contributed by atoms with Crippen molar-refractivity contribution < 1.29 is 22.7 Å². The van der Waals surface area contributed by atoms with Crippen molar-refractivity contribution in [1.29, 1.82) is 0 Å². The number of nitrogens with one attached hydrogen (secondary N) is 1. The number of benzene rings is 3. The molecule has 9 heteroatoms. The Morgan fingerprint density at radius 2 is 1.65 bits per heavy atom. The highest BCUT2D eigenvalue weighted by atomic mass is 32.2. The maximum Gasteiger partial charge on any atom is 0.255 e. The minimum absolute atomic E-state index is 0.0460. The number of methoxy groups -OCH3 is 2. The Labute approximate surface area is 199 Å². The molecular formula is C25H27N3O5S. The number of aryl methyl sites for hydroxylation is 1. The first kappa shape index (κ1) is 24.9. The van der Waals surface area contributed by atoms with Crippen LogP contribution in [0.3, 0.4) is 0 Å². The summed E-state index contributed by atoms with van der Waals surface area (Å²) in [5.41, 5.74) is 4.90. The van der Waals surface area contributed by atoms with Gasteiger partial charge in [0.25, 0.3) is 5.91 Å². The van der Waals surface area contributed by atoms with Crippen molar-refractivity contribution in [3.05, 3.63) is 89.5 Å². The van der Waals surface area contributed by atoms with Gasteiger partial charge in [0.15, 0.2) is 11.5 Å². The summed E-state index contributed by atoms with van der Waals surface area (Å²) in [6.07, 6.45) is 1.44. The maximum atomic E-state index is 13.2. The smallest absolute Gasteiger partial charge is 0.255 e. The first-order chi connectivity index (χ1) is 16.3. The third-order valence-corrected chi connectivity index (χ3v) is 6.80. The Hall–Kier alpha value is -3.69. The number of nitrogens with zero attached hydrogens (tertiary/aromatic N) is 2. The van der Waals surface area contributed by atoms with Gasteiger partial charge in [0.2, 0.25) is 10.0 Å². The van der Waals surface area contributed by atoms with E-state index in [1.54, 1.807) is 36.4 Å². The third-order valence-electron chi connectivity index (χ3n) is 4.99. The molecular weight excluding hydrogens is 454 g/mol. The second-order valence-electron chi connectivity index (χ2n) is 7.48. The van der Waals surface area contributed by atoms with E-state index in [1.165, 1.54) is 32.6 Å². The molecule has 0 aliphatic carbocycles. The molecule has 0 fully saturated rings. The number of hydrazone groups is 1. The van der Waals surface area contributed by atoms with Crippen LogP contribution in [0, 0.1) is 6.92 Å². The molecule has 0 aromatic heterocycles. The molecule has 0 aliphatic rings. The van der Waals surface area contributed by atoms with Crippen LogP contribution in [0.4, 0.5) is 0 Å². The van der Waals surface area contributed by atoms with E-state index in [0.29, 0.717) is 17.1 Å². The van der Waals surface area contributed by atoms with Gasteiger partial charge in [-0.3, -0.25) is 4.79 Å². The zero-order chi connectivity index (χ0) is 24.6. The van der Waals surface area contributed by atoms with Gasteiger partial charge in [0.1, 0.15) is 0 Å². The van der Waals surface area contributed by atoms with Crippen LogP contribution in [0.1, 0.15) is 16.7 Å². The standard InChI is InChI=1S/C25H27N3O5S/c1-19-9-11-20(12-10-19)17-28(34(30,31)22-7-5-4-6-8-22)18-25(29)27-26-16-21-13-14-23(32-2)24(15-21)33-3/h4-16H,17-18H2,1-3H3,(H,27,29)/b26-16-. The molecule has 0 radical (unpaired) electrons. The number of carbonyl (C=O) groups excluding carboxylic acids is 1. The van der Waals surface area contributed by atoms with Crippen LogP contribution in [0.2, 0.25) is 0 Å². The third kappa shape index (κ3) is 6.43. The SMILES string of the molecule is COc1ccc(/C=N\NC(=O)CN(Cc2ccc(C)cc2)S(=O)(=O)c2ccccc2)cc1OC. The number of sulfonamides is 1. The predicted octanol–water partition coefficient (Wildman–Crippen LogP) is 3.35. The number of carbonyl (C=O) groups is 1. The Morgan fingerprint density at radius 3 is 2.29 bits per heavy atom. The van der Waals surface area contributed by atoms with Crippen molar-refractivity contribution in [3.63, 3.8) is 0 Å². The molecule has 0 saturated carbocycles. The quantitative estimate of drug-likeness (QED) is 0.354. The van der Waals surface area contributed by atoms with E-state index in [9.17, 15) is 13.2 Å². The van der Waals surface area contributed by atoms with Gasteiger partial charge in [-0.15, -0.1) is 0 Å². The molecule has 3 aromatic carbocycles. The van der Waals surface area contributed by atoms with Gasteiger partial charge >= 0.3 is 0 Å². The molecule has 0 atom stereocenters. The van der Waals surface area contributed by atoms with Gasteiger partial charge < -0.3 is 9.47 Å². The Bertz CT molecular complexity index is 1240. The lowest BCUT2D eigenvalue weighted by Gasteiger charge is -2.21. The fraction of sp³-hybridized carbons (Fsp3) is 0.200. The first-order valence-corrected chi connectivity index (χ1v) is 11.9. The average Bonchev–Trinajstić information content (AvgIpc) is 2.85. The Kier molecular flexibility index (Phi) is 8.39. The summed E-state index contributed by atoms with van der Waals surface area (Å²) in [6, 6.07) is 20.7. The average molecular weight is 482 g/mol. The largest absolute Gasteiger partial charge is 0.493 e. The summed E-state index contributed by atoms with van der Waals surface area (Å²) >= 11 is 0. The van der Waals surface area contributed by atoms with Crippen LogP contribution in [-0.2, 0) is 21.4 Å². The molecule has 3 rings (SSSR count). The highest BCUT2D eigenvalue weighted by Crippen LogP contribution is 2.26. The number of amides is 1. The van der Waals surface area contributed by atoms with Crippen molar-refractivity contribution in [3.8, 4) is 11.5 Å².